The van der Waals surface area contributed by atoms with Gasteiger partial charge in [0.05, 0.1) is 0 Å². The molecule has 34 heavy (non-hydrogen) atoms. The van der Waals surface area contributed by atoms with Crippen LogP contribution in [0.4, 0.5) is 0 Å². The molecule has 184 valence electrons. The summed E-state index contributed by atoms with van der Waals surface area (Å²) in [5.41, 5.74) is 8.49. The van der Waals surface area contributed by atoms with Crippen LogP contribution in [0.3, 0.4) is 0 Å². The van der Waals surface area contributed by atoms with Crippen molar-refractivity contribution in [3.8, 4) is 11.1 Å². The summed E-state index contributed by atoms with van der Waals surface area (Å²) in [4.78, 5) is 11.3. The first-order valence-electron chi connectivity index (χ1n) is 13.7. The van der Waals surface area contributed by atoms with Gasteiger partial charge in [0, 0.05) is 6.54 Å². The normalized spacial score (nSPS) is 18.0. The number of nitrogens with one attached hydrogen (secondary N) is 1. The second-order valence-corrected chi connectivity index (χ2v) is 10.2. The first kappa shape index (κ1) is 26.3. The van der Waals surface area contributed by atoms with E-state index in [1.807, 2.05) is 0 Å². The van der Waals surface area contributed by atoms with Crippen molar-refractivity contribution in [3.63, 3.8) is 0 Å². The van der Waals surface area contributed by atoms with E-state index in [1.165, 1.54) is 85.3 Å². The van der Waals surface area contributed by atoms with Crippen LogP contribution in [0.25, 0.3) is 11.1 Å². The molecule has 1 aliphatic rings. The van der Waals surface area contributed by atoms with Gasteiger partial charge in [-0.1, -0.05) is 82.5 Å². The second kappa shape index (κ2) is 13.5. The maximum absolute atomic E-state index is 11.3. The molecule has 0 heterocycles. The average Bonchev–Trinajstić information content (AvgIpc) is 2.87. The fourth-order valence-electron chi connectivity index (χ4n) is 5.70. The summed E-state index contributed by atoms with van der Waals surface area (Å²) >= 11 is 0. The lowest BCUT2D eigenvalue weighted by molar-refractivity contribution is -0.116. The van der Waals surface area contributed by atoms with E-state index < -0.39 is 0 Å². The minimum Gasteiger partial charge on any atom is -0.353 e. The number of carbonyl (C=O) groups excluding carboxylic acids is 1. The van der Waals surface area contributed by atoms with Crippen LogP contribution >= 0.6 is 0 Å². The maximum Gasteiger partial charge on any atom is 0.243 e. The highest BCUT2D eigenvalue weighted by Crippen LogP contribution is 2.40. The Hall–Kier alpha value is -2.35. The van der Waals surface area contributed by atoms with Crippen molar-refractivity contribution in [1.82, 2.24) is 5.32 Å². The number of unbranched alkanes of at least 4 members (excludes halogenated alkanes) is 2. The van der Waals surface area contributed by atoms with Gasteiger partial charge in [0.25, 0.3) is 0 Å². The Bertz CT molecular complexity index is 936. The molecule has 1 fully saturated rings. The zero-order valence-electron chi connectivity index (χ0n) is 21.8. The van der Waals surface area contributed by atoms with Crippen LogP contribution in [-0.4, -0.2) is 12.5 Å². The van der Waals surface area contributed by atoms with E-state index in [1.54, 1.807) is 5.56 Å². The Morgan fingerprint density at radius 3 is 2.50 bits per heavy atom. The Morgan fingerprint density at radius 2 is 1.82 bits per heavy atom. The SMILES string of the molecule is C=CC(=O)NCCCc1ccc(-c2ccc(C3CCC(CCCCC)CC3)c(C)c2)c(CC)c1. The predicted octanol–water partition coefficient (Wildman–Crippen LogP) is 8.31. The lowest BCUT2D eigenvalue weighted by Crippen LogP contribution is -2.22. The lowest BCUT2D eigenvalue weighted by Gasteiger charge is -2.30. The van der Waals surface area contributed by atoms with Gasteiger partial charge in [-0.05, 0) is 103 Å². The van der Waals surface area contributed by atoms with Gasteiger partial charge < -0.3 is 5.32 Å². The van der Waals surface area contributed by atoms with Gasteiger partial charge in [0.2, 0.25) is 5.91 Å². The Labute approximate surface area is 208 Å². The summed E-state index contributed by atoms with van der Waals surface area (Å²) in [6, 6.07) is 14.1. The monoisotopic (exact) mass is 459 g/mol. The first-order chi connectivity index (χ1) is 16.5. The number of amides is 1. The van der Waals surface area contributed by atoms with Crippen molar-refractivity contribution in [2.24, 2.45) is 5.92 Å². The van der Waals surface area contributed by atoms with E-state index >= 15 is 0 Å². The summed E-state index contributed by atoms with van der Waals surface area (Å²) in [7, 11) is 0. The Morgan fingerprint density at radius 1 is 1.03 bits per heavy atom. The molecule has 0 spiro atoms. The van der Waals surface area contributed by atoms with E-state index in [9.17, 15) is 4.79 Å². The molecule has 0 radical (unpaired) electrons. The third-order valence-electron chi connectivity index (χ3n) is 7.76. The molecule has 2 heteroatoms. The Balaban J connectivity index is 1.62. The van der Waals surface area contributed by atoms with Crippen LogP contribution in [0, 0.1) is 12.8 Å². The van der Waals surface area contributed by atoms with Crippen LogP contribution in [0.1, 0.15) is 99.8 Å². The summed E-state index contributed by atoms with van der Waals surface area (Å²) in [5.74, 6) is 1.61. The molecule has 3 rings (SSSR count). The topological polar surface area (TPSA) is 29.1 Å². The fourth-order valence-corrected chi connectivity index (χ4v) is 5.70. The molecule has 2 aromatic rings. The van der Waals surface area contributed by atoms with E-state index in [-0.39, 0.29) is 5.91 Å². The van der Waals surface area contributed by atoms with Gasteiger partial charge in [0.1, 0.15) is 0 Å². The zero-order chi connectivity index (χ0) is 24.3. The molecule has 2 nitrogen and oxygen atoms in total. The van der Waals surface area contributed by atoms with Gasteiger partial charge in [-0.2, -0.15) is 0 Å². The van der Waals surface area contributed by atoms with E-state index in [0.29, 0.717) is 6.54 Å². The molecule has 0 saturated heterocycles. The van der Waals surface area contributed by atoms with E-state index in [2.05, 4.69) is 69.1 Å². The lowest BCUT2D eigenvalue weighted by atomic mass is 9.75. The van der Waals surface area contributed by atoms with Gasteiger partial charge in [0.15, 0.2) is 0 Å². The first-order valence-corrected chi connectivity index (χ1v) is 13.7. The molecule has 1 amide bonds. The van der Waals surface area contributed by atoms with Crippen molar-refractivity contribution in [3.05, 3.63) is 71.3 Å². The third kappa shape index (κ3) is 7.32. The maximum atomic E-state index is 11.3. The highest BCUT2D eigenvalue weighted by molar-refractivity contribution is 5.86. The highest BCUT2D eigenvalue weighted by Gasteiger charge is 2.23. The standard InChI is InChI=1S/C32H45NO/c1-5-8-9-11-25-13-16-28(17-14-25)30-20-18-29(22-24(30)4)31-19-15-26(23-27(31)6-2)12-10-21-33-32(34)7-3/h7,15,18-20,22-23,25,28H,3,5-6,8-14,16-17,21H2,1-2,4H3,(H,33,34). The summed E-state index contributed by atoms with van der Waals surface area (Å²) < 4.78 is 0. The summed E-state index contributed by atoms with van der Waals surface area (Å²) in [6.45, 7) is 11.0. The zero-order valence-corrected chi connectivity index (χ0v) is 21.8. The number of benzene rings is 2. The number of hydrogen-bond acceptors (Lipinski definition) is 1. The number of carbonyl (C=O) groups is 1. The number of rotatable bonds is 12. The van der Waals surface area contributed by atoms with Crippen LogP contribution in [0.15, 0.2) is 49.1 Å². The van der Waals surface area contributed by atoms with Gasteiger partial charge >= 0.3 is 0 Å². The summed E-state index contributed by atoms with van der Waals surface area (Å²) in [6.07, 6.45) is 15.4. The smallest absolute Gasteiger partial charge is 0.243 e. The molecule has 1 N–H and O–H groups in total. The van der Waals surface area contributed by atoms with Gasteiger partial charge in [-0.25, -0.2) is 0 Å². The molecule has 0 aromatic heterocycles. The van der Waals surface area contributed by atoms with E-state index in [0.717, 1.165) is 31.1 Å². The van der Waals surface area contributed by atoms with Crippen molar-refractivity contribution in [2.45, 2.75) is 97.3 Å². The molecule has 1 saturated carbocycles. The van der Waals surface area contributed by atoms with Gasteiger partial charge in [-0.15, -0.1) is 0 Å². The average molecular weight is 460 g/mol. The minimum atomic E-state index is -0.0940. The molecular weight excluding hydrogens is 414 g/mol. The van der Waals surface area contributed by atoms with Crippen molar-refractivity contribution < 1.29 is 4.79 Å². The van der Waals surface area contributed by atoms with Crippen molar-refractivity contribution >= 4 is 5.91 Å². The quantitative estimate of drug-likeness (QED) is 0.251. The fraction of sp³-hybridized carbons (Fsp3) is 0.531. The summed E-state index contributed by atoms with van der Waals surface area (Å²) in [5, 5.41) is 2.86. The van der Waals surface area contributed by atoms with Crippen LogP contribution < -0.4 is 5.32 Å². The molecular formula is C32H45NO. The molecule has 2 aromatic carbocycles. The Kier molecular flexibility index (Phi) is 10.4. The molecule has 0 atom stereocenters. The number of aryl methyl sites for hydroxylation is 3. The van der Waals surface area contributed by atoms with Crippen LogP contribution in [0.2, 0.25) is 0 Å². The van der Waals surface area contributed by atoms with Crippen LogP contribution in [0.5, 0.6) is 0 Å². The molecule has 0 aliphatic heterocycles. The third-order valence-corrected chi connectivity index (χ3v) is 7.76. The van der Waals surface area contributed by atoms with E-state index in [4.69, 9.17) is 0 Å². The van der Waals surface area contributed by atoms with Crippen molar-refractivity contribution in [2.75, 3.05) is 6.54 Å². The predicted molar refractivity (Wildman–Crippen MR) is 146 cm³/mol. The molecule has 0 unspecified atom stereocenters. The largest absolute Gasteiger partial charge is 0.353 e. The van der Waals surface area contributed by atoms with Gasteiger partial charge in [-0.3, -0.25) is 4.79 Å². The molecule has 0 bridgehead atoms. The number of hydrogen-bond donors (Lipinski definition) is 1. The minimum absolute atomic E-state index is 0.0940. The van der Waals surface area contributed by atoms with Crippen LogP contribution in [-0.2, 0) is 17.6 Å². The second-order valence-electron chi connectivity index (χ2n) is 10.2. The molecule has 1 aliphatic carbocycles. The van der Waals surface area contributed by atoms with Crippen molar-refractivity contribution in [1.29, 1.82) is 0 Å². The highest BCUT2D eigenvalue weighted by atomic mass is 16.1.